The van der Waals surface area contributed by atoms with E-state index in [9.17, 15) is 4.79 Å². The van der Waals surface area contributed by atoms with Gasteiger partial charge in [0, 0.05) is 19.7 Å². The first-order valence-electron chi connectivity index (χ1n) is 6.08. The number of anilines is 1. The summed E-state index contributed by atoms with van der Waals surface area (Å²) in [7, 11) is 1.76. The molecular weight excluding hydrogens is 212 g/mol. The number of aromatic nitrogens is 1. The van der Waals surface area contributed by atoms with E-state index < -0.39 is 0 Å². The van der Waals surface area contributed by atoms with Crippen LogP contribution in [-0.4, -0.2) is 17.9 Å². The number of pyridine rings is 1. The number of rotatable bonds is 6. The van der Waals surface area contributed by atoms with Crippen LogP contribution in [0.1, 0.15) is 32.6 Å². The minimum atomic E-state index is 0.102. The molecule has 0 atom stereocenters. The van der Waals surface area contributed by atoms with Crippen molar-refractivity contribution >= 4 is 11.7 Å². The lowest BCUT2D eigenvalue weighted by Gasteiger charge is -2.15. The summed E-state index contributed by atoms with van der Waals surface area (Å²) in [6, 6.07) is 5.56. The maximum Gasteiger partial charge on any atom is 0.228 e. The molecule has 0 aliphatic heterocycles. The molecule has 3 heteroatoms. The van der Waals surface area contributed by atoms with E-state index in [1.54, 1.807) is 18.1 Å². The lowest BCUT2D eigenvalue weighted by Crippen LogP contribution is -2.26. The number of carbonyl (C=O) groups is 1. The standard InChI is InChI=1S/C14H20N2O/c1-3-4-5-6-7-11-14(17)16(2)13-10-8-9-12-15-13/h5-6,8-10,12H,3-4,7,11H2,1-2H3/b6-5+. The molecule has 0 fully saturated rings. The second-order valence-electron chi connectivity index (χ2n) is 3.94. The highest BCUT2D eigenvalue weighted by Crippen LogP contribution is 2.09. The van der Waals surface area contributed by atoms with Crippen LogP contribution in [-0.2, 0) is 4.79 Å². The minimum absolute atomic E-state index is 0.102. The SMILES string of the molecule is CCC/C=C/CCC(=O)N(C)c1ccccn1. The Labute approximate surface area is 103 Å². The Hall–Kier alpha value is -1.64. The van der Waals surface area contributed by atoms with E-state index in [0.717, 1.165) is 19.3 Å². The number of allylic oxidation sites excluding steroid dienone is 2. The van der Waals surface area contributed by atoms with Gasteiger partial charge >= 0.3 is 0 Å². The van der Waals surface area contributed by atoms with Gasteiger partial charge < -0.3 is 0 Å². The summed E-state index contributed by atoms with van der Waals surface area (Å²) in [4.78, 5) is 17.6. The predicted molar refractivity (Wildman–Crippen MR) is 70.9 cm³/mol. The third-order valence-corrected chi connectivity index (χ3v) is 2.51. The van der Waals surface area contributed by atoms with Crippen LogP contribution in [0.3, 0.4) is 0 Å². The third kappa shape index (κ3) is 4.81. The number of amides is 1. The Morgan fingerprint density at radius 3 is 2.76 bits per heavy atom. The zero-order valence-corrected chi connectivity index (χ0v) is 10.6. The zero-order chi connectivity index (χ0) is 12.5. The van der Waals surface area contributed by atoms with Crippen molar-refractivity contribution in [2.45, 2.75) is 32.6 Å². The van der Waals surface area contributed by atoms with Crippen LogP contribution < -0.4 is 4.90 Å². The number of unbranched alkanes of at least 4 members (excludes halogenated alkanes) is 1. The number of nitrogens with zero attached hydrogens (tertiary/aromatic N) is 2. The molecule has 3 nitrogen and oxygen atoms in total. The second-order valence-corrected chi connectivity index (χ2v) is 3.94. The van der Waals surface area contributed by atoms with E-state index in [0.29, 0.717) is 12.2 Å². The molecule has 0 radical (unpaired) electrons. The van der Waals surface area contributed by atoms with Gasteiger partial charge in [-0.15, -0.1) is 0 Å². The minimum Gasteiger partial charge on any atom is -0.300 e. The Balaban J connectivity index is 2.38. The number of hydrogen-bond acceptors (Lipinski definition) is 2. The third-order valence-electron chi connectivity index (χ3n) is 2.51. The average molecular weight is 232 g/mol. The van der Waals surface area contributed by atoms with Crippen LogP contribution in [0.25, 0.3) is 0 Å². The van der Waals surface area contributed by atoms with E-state index in [4.69, 9.17) is 0 Å². The number of carbonyl (C=O) groups excluding carboxylic acids is 1. The molecule has 0 aliphatic rings. The van der Waals surface area contributed by atoms with Gasteiger partial charge in [-0.1, -0.05) is 31.6 Å². The predicted octanol–water partition coefficient (Wildman–Crippen LogP) is 3.18. The van der Waals surface area contributed by atoms with Crippen LogP contribution in [0.15, 0.2) is 36.5 Å². The molecule has 0 bridgehead atoms. The Kier molecular flexibility index (Phi) is 6.00. The number of hydrogen-bond donors (Lipinski definition) is 0. The van der Waals surface area contributed by atoms with Crippen molar-refractivity contribution in [2.75, 3.05) is 11.9 Å². The van der Waals surface area contributed by atoms with Gasteiger partial charge in [-0.2, -0.15) is 0 Å². The highest BCUT2D eigenvalue weighted by molar-refractivity contribution is 5.91. The normalized spacial score (nSPS) is 10.7. The fourth-order valence-corrected chi connectivity index (χ4v) is 1.46. The van der Waals surface area contributed by atoms with Crippen molar-refractivity contribution in [3.8, 4) is 0 Å². The molecule has 92 valence electrons. The second kappa shape index (κ2) is 7.60. The Bertz CT molecular complexity index is 360. The first-order chi connectivity index (χ1) is 8.25. The van der Waals surface area contributed by atoms with Gasteiger partial charge in [0.05, 0.1) is 0 Å². The zero-order valence-electron chi connectivity index (χ0n) is 10.6. The summed E-state index contributed by atoms with van der Waals surface area (Å²) >= 11 is 0. The molecule has 0 saturated carbocycles. The summed E-state index contributed by atoms with van der Waals surface area (Å²) in [6.45, 7) is 2.14. The quantitative estimate of drug-likeness (QED) is 0.706. The largest absolute Gasteiger partial charge is 0.300 e. The molecule has 0 aliphatic carbocycles. The molecule has 1 amide bonds. The van der Waals surface area contributed by atoms with Gasteiger partial charge in [0.2, 0.25) is 5.91 Å². The summed E-state index contributed by atoms with van der Waals surface area (Å²) in [5.74, 6) is 0.805. The van der Waals surface area contributed by atoms with Crippen LogP contribution in [0, 0.1) is 0 Å². The van der Waals surface area contributed by atoms with Crippen molar-refractivity contribution < 1.29 is 4.79 Å². The van der Waals surface area contributed by atoms with Gasteiger partial charge in [0.25, 0.3) is 0 Å². The first-order valence-corrected chi connectivity index (χ1v) is 6.08. The van der Waals surface area contributed by atoms with Crippen molar-refractivity contribution in [3.63, 3.8) is 0 Å². The lowest BCUT2D eigenvalue weighted by atomic mass is 10.2. The van der Waals surface area contributed by atoms with Crippen molar-refractivity contribution in [1.82, 2.24) is 4.98 Å². The van der Waals surface area contributed by atoms with Crippen molar-refractivity contribution in [1.29, 1.82) is 0 Å². The average Bonchev–Trinajstić information content (AvgIpc) is 2.38. The molecule has 17 heavy (non-hydrogen) atoms. The van der Waals surface area contributed by atoms with Crippen molar-refractivity contribution in [3.05, 3.63) is 36.5 Å². The molecule has 0 N–H and O–H groups in total. The first kappa shape index (κ1) is 13.4. The van der Waals surface area contributed by atoms with Gasteiger partial charge in [-0.25, -0.2) is 4.98 Å². The summed E-state index contributed by atoms with van der Waals surface area (Å²) < 4.78 is 0. The molecule has 0 spiro atoms. The van der Waals surface area contributed by atoms with Gasteiger partial charge in [0.1, 0.15) is 5.82 Å². The maximum atomic E-state index is 11.8. The van der Waals surface area contributed by atoms with Gasteiger partial charge in [-0.05, 0) is 25.0 Å². The van der Waals surface area contributed by atoms with E-state index in [2.05, 4.69) is 24.1 Å². The molecule has 1 aromatic rings. The highest BCUT2D eigenvalue weighted by atomic mass is 16.2. The summed E-state index contributed by atoms with van der Waals surface area (Å²) in [5, 5.41) is 0. The van der Waals surface area contributed by atoms with E-state index in [1.807, 2.05) is 18.2 Å². The molecule has 0 aromatic carbocycles. The van der Waals surface area contributed by atoms with Crippen LogP contribution in [0.2, 0.25) is 0 Å². The van der Waals surface area contributed by atoms with Crippen LogP contribution in [0.5, 0.6) is 0 Å². The monoisotopic (exact) mass is 232 g/mol. The maximum absolute atomic E-state index is 11.8. The van der Waals surface area contributed by atoms with E-state index >= 15 is 0 Å². The highest BCUT2D eigenvalue weighted by Gasteiger charge is 2.09. The Morgan fingerprint density at radius 1 is 1.35 bits per heavy atom. The molecule has 0 unspecified atom stereocenters. The fraction of sp³-hybridized carbons (Fsp3) is 0.429. The fourth-order valence-electron chi connectivity index (χ4n) is 1.46. The van der Waals surface area contributed by atoms with Gasteiger partial charge in [-0.3, -0.25) is 9.69 Å². The van der Waals surface area contributed by atoms with E-state index in [1.165, 1.54) is 0 Å². The Morgan fingerprint density at radius 2 is 2.12 bits per heavy atom. The smallest absolute Gasteiger partial charge is 0.228 e. The van der Waals surface area contributed by atoms with Gasteiger partial charge in [0.15, 0.2) is 0 Å². The molecule has 1 heterocycles. The van der Waals surface area contributed by atoms with Crippen LogP contribution in [0.4, 0.5) is 5.82 Å². The molecule has 1 rings (SSSR count). The van der Waals surface area contributed by atoms with E-state index in [-0.39, 0.29) is 5.91 Å². The molecule has 1 aromatic heterocycles. The molecule has 0 saturated heterocycles. The van der Waals surface area contributed by atoms with Crippen LogP contribution >= 0.6 is 0 Å². The topological polar surface area (TPSA) is 33.2 Å². The molecular formula is C14H20N2O. The van der Waals surface area contributed by atoms with Crippen molar-refractivity contribution in [2.24, 2.45) is 0 Å². The summed E-state index contributed by atoms with van der Waals surface area (Å²) in [5.41, 5.74) is 0. The lowest BCUT2D eigenvalue weighted by molar-refractivity contribution is -0.118. The summed E-state index contributed by atoms with van der Waals surface area (Å²) in [6.07, 6.45) is 9.48.